The number of ether oxygens (including phenoxy) is 1. The number of carboxylic acids is 1. The highest BCUT2D eigenvalue weighted by Gasteiger charge is 2.26. The van der Waals surface area contributed by atoms with Crippen LogP contribution >= 0.6 is 0 Å². The highest BCUT2D eigenvalue weighted by atomic mass is 32.2. The van der Waals surface area contributed by atoms with Crippen LogP contribution in [-0.4, -0.2) is 38.7 Å². The quantitative estimate of drug-likeness (QED) is 0.654. The zero-order chi connectivity index (χ0) is 15.3. The Morgan fingerprint density at radius 2 is 1.84 bits per heavy atom. The van der Waals surface area contributed by atoms with E-state index in [2.05, 4.69) is 9.46 Å². The zero-order valence-electron chi connectivity index (χ0n) is 11.4. The lowest BCUT2D eigenvalue weighted by Gasteiger charge is -2.25. The smallest absolute Gasteiger partial charge is 0.421 e. The summed E-state index contributed by atoms with van der Waals surface area (Å²) in [5.41, 5.74) is -0.270. The van der Waals surface area contributed by atoms with Crippen molar-refractivity contribution in [2.75, 3.05) is 7.11 Å². The lowest BCUT2D eigenvalue weighted by atomic mass is 9.87. The van der Waals surface area contributed by atoms with E-state index in [9.17, 15) is 18.0 Å². The van der Waals surface area contributed by atoms with Crippen LogP contribution in [0.15, 0.2) is 0 Å². The predicted molar refractivity (Wildman–Crippen MR) is 67.7 cm³/mol. The number of amides is 1. The minimum Gasteiger partial charge on any atom is -0.481 e. The number of carboxylic acid groups (broad SMARTS) is 1. The van der Waals surface area contributed by atoms with Crippen molar-refractivity contribution in [3.63, 3.8) is 0 Å². The molecule has 0 saturated carbocycles. The van der Waals surface area contributed by atoms with Crippen LogP contribution in [0, 0.1) is 5.41 Å². The maximum atomic E-state index is 11.6. The molecular weight excluding hydrogens is 276 g/mol. The van der Waals surface area contributed by atoms with E-state index in [-0.39, 0.29) is 11.8 Å². The lowest BCUT2D eigenvalue weighted by Crippen LogP contribution is -2.46. The molecule has 0 spiro atoms. The molecule has 0 heterocycles. The SMILES string of the molecule is COC(=O)NS(=O)(=O)NC(CC(=O)O)CC(C)(C)C. The number of nitrogens with one attached hydrogen (secondary N) is 2. The highest BCUT2D eigenvalue weighted by Crippen LogP contribution is 2.22. The van der Waals surface area contributed by atoms with Crippen LogP contribution in [0.4, 0.5) is 4.79 Å². The Kier molecular flexibility index (Phi) is 6.23. The molecule has 3 N–H and O–H groups in total. The second-order valence-electron chi connectivity index (χ2n) is 5.27. The van der Waals surface area contributed by atoms with Gasteiger partial charge in [-0.1, -0.05) is 20.8 Å². The molecule has 19 heavy (non-hydrogen) atoms. The van der Waals surface area contributed by atoms with Crippen molar-refractivity contribution in [2.24, 2.45) is 5.41 Å². The van der Waals surface area contributed by atoms with Gasteiger partial charge in [0.05, 0.1) is 13.5 Å². The van der Waals surface area contributed by atoms with E-state index < -0.39 is 28.3 Å². The number of carbonyl (C=O) groups is 2. The van der Waals surface area contributed by atoms with Gasteiger partial charge in [0.1, 0.15) is 0 Å². The van der Waals surface area contributed by atoms with Crippen LogP contribution in [0.5, 0.6) is 0 Å². The molecule has 112 valence electrons. The second-order valence-corrected chi connectivity index (χ2v) is 6.72. The highest BCUT2D eigenvalue weighted by molar-refractivity contribution is 7.88. The summed E-state index contributed by atoms with van der Waals surface area (Å²) in [7, 11) is -3.13. The fourth-order valence-corrected chi connectivity index (χ4v) is 2.47. The third-order valence-electron chi connectivity index (χ3n) is 2.00. The molecule has 0 aliphatic carbocycles. The van der Waals surface area contributed by atoms with Gasteiger partial charge in [-0.2, -0.15) is 13.1 Å². The van der Waals surface area contributed by atoms with Crippen molar-refractivity contribution in [1.29, 1.82) is 0 Å². The first-order valence-electron chi connectivity index (χ1n) is 5.55. The van der Waals surface area contributed by atoms with Crippen molar-refractivity contribution in [3.05, 3.63) is 0 Å². The molecule has 1 amide bonds. The Bertz CT molecular complexity index is 426. The fourth-order valence-electron chi connectivity index (χ4n) is 1.51. The third-order valence-corrected chi connectivity index (χ3v) is 3.08. The summed E-state index contributed by atoms with van der Waals surface area (Å²) >= 11 is 0. The molecule has 0 saturated heterocycles. The van der Waals surface area contributed by atoms with Crippen molar-refractivity contribution in [1.82, 2.24) is 9.44 Å². The first-order valence-corrected chi connectivity index (χ1v) is 7.03. The van der Waals surface area contributed by atoms with Crippen LogP contribution in [0.25, 0.3) is 0 Å². The van der Waals surface area contributed by atoms with Gasteiger partial charge in [-0.25, -0.2) is 9.52 Å². The summed E-state index contributed by atoms with van der Waals surface area (Å²) < 4.78 is 31.0. The molecule has 0 aliphatic rings. The van der Waals surface area contributed by atoms with Crippen molar-refractivity contribution in [3.8, 4) is 0 Å². The molecule has 1 atom stereocenters. The summed E-state index contributed by atoms with van der Waals surface area (Å²) in [6, 6.07) is -0.820. The molecule has 8 nitrogen and oxygen atoms in total. The van der Waals surface area contributed by atoms with Crippen molar-refractivity contribution < 1.29 is 27.9 Å². The summed E-state index contributed by atoms with van der Waals surface area (Å²) in [4.78, 5) is 21.6. The molecule has 0 fully saturated rings. The van der Waals surface area contributed by atoms with E-state index in [4.69, 9.17) is 5.11 Å². The maximum Gasteiger partial charge on any atom is 0.421 e. The topological polar surface area (TPSA) is 122 Å². The Hall–Kier alpha value is -1.35. The average Bonchev–Trinajstić information content (AvgIpc) is 2.11. The maximum absolute atomic E-state index is 11.6. The first-order chi connectivity index (χ1) is 8.45. The van der Waals surface area contributed by atoms with Gasteiger partial charge in [-0.3, -0.25) is 4.79 Å². The fraction of sp³-hybridized carbons (Fsp3) is 0.800. The van der Waals surface area contributed by atoms with Gasteiger partial charge in [0.2, 0.25) is 0 Å². The third kappa shape index (κ3) is 9.25. The molecule has 0 radical (unpaired) electrons. The molecule has 0 bridgehead atoms. The van der Waals surface area contributed by atoms with E-state index in [1.54, 1.807) is 4.72 Å². The van der Waals surface area contributed by atoms with E-state index in [1.807, 2.05) is 20.8 Å². The Morgan fingerprint density at radius 1 is 1.32 bits per heavy atom. The largest absolute Gasteiger partial charge is 0.481 e. The van der Waals surface area contributed by atoms with Crippen molar-refractivity contribution >= 4 is 22.3 Å². The van der Waals surface area contributed by atoms with Crippen LogP contribution in [0.2, 0.25) is 0 Å². The van der Waals surface area contributed by atoms with Gasteiger partial charge in [0.25, 0.3) is 0 Å². The van der Waals surface area contributed by atoms with Gasteiger partial charge in [-0.15, -0.1) is 0 Å². The molecule has 9 heteroatoms. The number of carbonyl (C=O) groups excluding carboxylic acids is 1. The van der Waals surface area contributed by atoms with Crippen molar-refractivity contribution in [2.45, 2.75) is 39.7 Å². The molecular formula is C10H20N2O6S. The second kappa shape index (κ2) is 6.71. The number of methoxy groups -OCH3 is 1. The van der Waals surface area contributed by atoms with Gasteiger partial charge in [0.15, 0.2) is 0 Å². The van der Waals surface area contributed by atoms with Crippen LogP contribution in [0.1, 0.15) is 33.6 Å². The number of aliphatic carboxylic acids is 1. The molecule has 0 rings (SSSR count). The monoisotopic (exact) mass is 296 g/mol. The standard InChI is InChI=1S/C10H20N2O6S/c1-10(2,3)6-7(5-8(13)14)11-19(16,17)12-9(15)18-4/h7,11H,5-6H2,1-4H3,(H,12,15)(H,13,14). The van der Waals surface area contributed by atoms with E-state index in [0.717, 1.165) is 7.11 Å². The summed E-state index contributed by atoms with van der Waals surface area (Å²) in [5.74, 6) is -1.13. The van der Waals surface area contributed by atoms with E-state index >= 15 is 0 Å². The van der Waals surface area contributed by atoms with Gasteiger partial charge >= 0.3 is 22.3 Å². The Morgan fingerprint density at radius 3 is 2.21 bits per heavy atom. The minimum atomic E-state index is -4.15. The lowest BCUT2D eigenvalue weighted by molar-refractivity contribution is -0.137. The molecule has 0 aliphatic heterocycles. The summed E-state index contributed by atoms with van der Waals surface area (Å²) in [6.07, 6.45) is -1.21. The molecule has 1 unspecified atom stereocenters. The van der Waals surface area contributed by atoms with E-state index in [1.165, 1.54) is 0 Å². The molecule has 0 aromatic rings. The number of hydrogen-bond donors (Lipinski definition) is 3. The average molecular weight is 296 g/mol. The molecule has 0 aromatic carbocycles. The van der Waals surface area contributed by atoms with Gasteiger partial charge < -0.3 is 9.84 Å². The normalized spacial score (nSPS) is 13.7. The summed E-state index contributed by atoms with van der Waals surface area (Å²) in [5, 5.41) is 8.76. The Balaban J connectivity index is 4.80. The van der Waals surface area contributed by atoms with E-state index in [0.29, 0.717) is 6.42 Å². The number of rotatable bonds is 6. The Labute approximate surface area is 112 Å². The van der Waals surface area contributed by atoms with Crippen LogP contribution in [-0.2, 0) is 19.7 Å². The predicted octanol–water partition coefficient (Wildman–Crippen LogP) is 0.456. The minimum absolute atomic E-state index is 0.270. The van der Waals surface area contributed by atoms with Gasteiger partial charge in [-0.05, 0) is 11.8 Å². The van der Waals surface area contributed by atoms with Crippen LogP contribution < -0.4 is 9.44 Å². The number of hydrogen-bond acceptors (Lipinski definition) is 5. The first kappa shape index (κ1) is 17.6. The summed E-state index contributed by atoms with van der Waals surface area (Å²) in [6.45, 7) is 5.55. The van der Waals surface area contributed by atoms with Gasteiger partial charge in [0, 0.05) is 6.04 Å². The molecule has 0 aromatic heterocycles. The van der Waals surface area contributed by atoms with Crippen LogP contribution in [0.3, 0.4) is 0 Å². The zero-order valence-corrected chi connectivity index (χ0v) is 12.2.